The van der Waals surface area contributed by atoms with Crippen molar-refractivity contribution >= 4 is 11.9 Å². The molecule has 6 fully saturated rings. The Hall–Kier alpha value is -1.06. The zero-order valence-electron chi connectivity index (χ0n) is 19.3. The molecule has 0 aromatic heterocycles. The van der Waals surface area contributed by atoms with Gasteiger partial charge in [-0.3, -0.25) is 9.59 Å². The van der Waals surface area contributed by atoms with Crippen molar-refractivity contribution < 1.29 is 19.1 Å². The SMILES string of the molecule is CC1C(C)C2CC1[C@@H](C(=O)OCC1CC3CCC1C3)[C@H]2C(=O)OCC1CC2CCC1C2. The Morgan fingerprint density at radius 3 is 1.45 bits per heavy atom. The number of hydrogen-bond donors (Lipinski definition) is 0. The Labute approximate surface area is 187 Å². The minimum absolute atomic E-state index is 0.101. The van der Waals surface area contributed by atoms with Crippen molar-refractivity contribution in [2.75, 3.05) is 13.2 Å². The first-order valence-corrected chi connectivity index (χ1v) is 13.3. The van der Waals surface area contributed by atoms with Crippen LogP contribution in [0.2, 0.25) is 0 Å². The normalized spacial score (nSPS) is 51.5. The molecule has 12 atom stereocenters. The van der Waals surface area contributed by atoms with Crippen molar-refractivity contribution in [1.29, 1.82) is 0 Å². The van der Waals surface area contributed by atoms with E-state index < -0.39 is 0 Å². The minimum Gasteiger partial charge on any atom is -0.465 e. The largest absolute Gasteiger partial charge is 0.465 e. The summed E-state index contributed by atoms with van der Waals surface area (Å²) in [6, 6.07) is 0. The molecule has 0 aromatic carbocycles. The topological polar surface area (TPSA) is 52.6 Å². The monoisotopic (exact) mass is 428 g/mol. The van der Waals surface area contributed by atoms with Gasteiger partial charge in [-0.1, -0.05) is 26.7 Å². The van der Waals surface area contributed by atoms with E-state index in [1.165, 1.54) is 51.4 Å². The molecule has 172 valence electrons. The summed E-state index contributed by atoms with van der Waals surface area (Å²) in [5, 5.41) is 0. The van der Waals surface area contributed by atoms with Gasteiger partial charge in [-0.05, 0) is 104 Å². The lowest BCUT2D eigenvalue weighted by molar-refractivity contribution is -0.167. The molecule has 0 aliphatic heterocycles. The number of esters is 2. The maximum atomic E-state index is 13.3. The fourth-order valence-electron chi connectivity index (χ4n) is 9.38. The van der Waals surface area contributed by atoms with Crippen LogP contribution in [-0.2, 0) is 19.1 Å². The third kappa shape index (κ3) is 3.37. The van der Waals surface area contributed by atoms with Crippen molar-refractivity contribution in [3.8, 4) is 0 Å². The van der Waals surface area contributed by atoms with Crippen LogP contribution in [0, 0.1) is 71.0 Å². The van der Waals surface area contributed by atoms with Gasteiger partial charge in [-0.2, -0.15) is 0 Å². The van der Waals surface area contributed by atoms with Crippen LogP contribution in [0.15, 0.2) is 0 Å². The lowest BCUT2D eigenvalue weighted by atomic mass is 9.69. The standard InChI is InChI=1S/C27H40O4/c1-14-15(2)23-11-22(14)24(26(28)30-12-20-9-16-3-5-18(20)7-16)25(23)27(29)31-13-21-10-17-4-6-19(21)8-17/h14-25H,3-13H2,1-2H3/t14?,15?,16?,17?,18?,19?,20?,21?,22?,23?,24-,25+. The second-order valence-corrected chi connectivity index (χ2v) is 12.5. The average Bonchev–Trinajstić information content (AvgIpc) is 3.60. The van der Waals surface area contributed by atoms with E-state index >= 15 is 0 Å². The summed E-state index contributed by atoms with van der Waals surface area (Å²) >= 11 is 0. The van der Waals surface area contributed by atoms with Crippen molar-refractivity contribution in [3.05, 3.63) is 0 Å². The van der Waals surface area contributed by atoms with Gasteiger partial charge in [0.1, 0.15) is 0 Å². The fourth-order valence-corrected chi connectivity index (χ4v) is 9.38. The van der Waals surface area contributed by atoms with Crippen molar-refractivity contribution in [2.45, 2.75) is 71.6 Å². The molecule has 6 bridgehead atoms. The maximum absolute atomic E-state index is 13.3. The lowest BCUT2D eigenvalue weighted by Crippen LogP contribution is -2.43. The molecule has 6 aliphatic rings. The number of fused-ring (bicyclic) bond motifs is 6. The Morgan fingerprint density at radius 2 is 1.10 bits per heavy atom. The Bertz CT molecular complexity index is 673. The van der Waals surface area contributed by atoms with Crippen LogP contribution >= 0.6 is 0 Å². The molecule has 10 unspecified atom stereocenters. The molecular formula is C27H40O4. The molecule has 6 rings (SSSR count). The Morgan fingerprint density at radius 1 is 0.645 bits per heavy atom. The van der Waals surface area contributed by atoms with E-state index in [9.17, 15) is 9.59 Å². The molecular weight excluding hydrogens is 388 g/mol. The lowest BCUT2D eigenvalue weighted by Gasteiger charge is -2.36. The van der Waals surface area contributed by atoms with Gasteiger partial charge in [-0.25, -0.2) is 0 Å². The molecule has 0 radical (unpaired) electrons. The first-order chi connectivity index (χ1) is 15.0. The maximum Gasteiger partial charge on any atom is 0.310 e. The Balaban J connectivity index is 1.10. The van der Waals surface area contributed by atoms with Crippen LogP contribution < -0.4 is 0 Å². The van der Waals surface area contributed by atoms with Gasteiger partial charge in [0.2, 0.25) is 0 Å². The summed E-state index contributed by atoms with van der Waals surface area (Å²) in [6.45, 7) is 5.68. The van der Waals surface area contributed by atoms with Crippen LogP contribution in [-0.4, -0.2) is 25.2 Å². The molecule has 4 heteroatoms. The summed E-state index contributed by atoms with van der Waals surface area (Å²) in [6.07, 6.45) is 11.5. The number of carbonyl (C=O) groups excluding carboxylic acids is 2. The minimum atomic E-state index is -0.276. The molecule has 0 aromatic rings. The number of ether oxygens (including phenoxy) is 2. The average molecular weight is 429 g/mol. The first kappa shape index (κ1) is 20.5. The van der Waals surface area contributed by atoms with Gasteiger partial charge in [0.05, 0.1) is 25.0 Å². The summed E-state index contributed by atoms with van der Waals surface area (Å²) in [4.78, 5) is 26.6. The summed E-state index contributed by atoms with van der Waals surface area (Å²) in [5.41, 5.74) is 0. The molecule has 0 heterocycles. The van der Waals surface area contributed by atoms with Crippen LogP contribution in [0.5, 0.6) is 0 Å². The second-order valence-electron chi connectivity index (χ2n) is 12.5. The summed E-state index contributed by atoms with van der Waals surface area (Å²) in [7, 11) is 0. The molecule has 0 spiro atoms. The third-order valence-corrected chi connectivity index (χ3v) is 11.2. The van der Waals surface area contributed by atoms with E-state index in [1.807, 2.05) is 0 Å². The second kappa shape index (κ2) is 7.76. The van der Waals surface area contributed by atoms with Gasteiger partial charge in [0.25, 0.3) is 0 Å². The van der Waals surface area contributed by atoms with E-state index in [0.29, 0.717) is 36.9 Å². The quantitative estimate of drug-likeness (QED) is 0.552. The number of rotatable bonds is 6. The third-order valence-electron chi connectivity index (χ3n) is 11.2. The Kier molecular flexibility index (Phi) is 5.14. The smallest absolute Gasteiger partial charge is 0.310 e. The van der Waals surface area contributed by atoms with Gasteiger partial charge in [0, 0.05) is 0 Å². The first-order valence-electron chi connectivity index (χ1n) is 13.3. The molecule has 6 aliphatic carbocycles. The highest BCUT2D eigenvalue weighted by Gasteiger charge is 2.61. The fraction of sp³-hybridized carbons (Fsp3) is 0.926. The highest BCUT2D eigenvalue weighted by atomic mass is 16.5. The van der Waals surface area contributed by atoms with Crippen molar-refractivity contribution in [2.24, 2.45) is 71.0 Å². The molecule has 0 N–H and O–H groups in total. The molecule has 31 heavy (non-hydrogen) atoms. The molecule has 4 nitrogen and oxygen atoms in total. The van der Waals surface area contributed by atoms with Crippen LogP contribution in [0.4, 0.5) is 0 Å². The number of carbonyl (C=O) groups is 2. The van der Waals surface area contributed by atoms with Crippen LogP contribution in [0.1, 0.15) is 71.6 Å². The predicted molar refractivity (Wildman–Crippen MR) is 117 cm³/mol. The van der Waals surface area contributed by atoms with Gasteiger partial charge in [0.15, 0.2) is 0 Å². The molecule has 0 saturated heterocycles. The summed E-state index contributed by atoms with van der Waals surface area (Å²) < 4.78 is 11.9. The van der Waals surface area contributed by atoms with E-state index in [1.54, 1.807) is 0 Å². The van der Waals surface area contributed by atoms with Crippen molar-refractivity contribution in [1.82, 2.24) is 0 Å². The van der Waals surface area contributed by atoms with Gasteiger partial charge < -0.3 is 9.47 Å². The van der Waals surface area contributed by atoms with E-state index in [-0.39, 0.29) is 35.6 Å². The van der Waals surface area contributed by atoms with Gasteiger partial charge in [-0.15, -0.1) is 0 Å². The van der Waals surface area contributed by atoms with Crippen LogP contribution in [0.3, 0.4) is 0 Å². The van der Waals surface area contributed by atoms with Crippen LogP contribution in [0.25, 0.3) is 0 Å². The van der Waals surface area contributed by atoms with E-state index in [2.05, 4.69) is 13.8 Å². The molecule has 6 saturated carbocycles. The summed E-state index contributed by atoms with van der Waals surface area (Å²) in [5.74, 6) is 5.16. The zero-order valence-corrected chi connectivity index (χ0v) is 19.3. The van der Waals surface area contributed by atoms with E-state index in [0.717, 1.165) is 30.1 Å². The zero-order chi connectivity index (χ0) is 21.3. The predicted octanol–water partition coefficient (Wildman–Crippen LogP) is 5.10. The highest BCUT2D eigenvalue weighted by molar-refractivity contribution is 5.84. The highest BCUT2D eigenvalue weighted by Crippen LogP contribution is 2.59. The van der Waals surface area contributed by atoms with E-state index in [4.69, 9.17) is 9.47 Å². The molecule has 0 amide bonds. The number of hydrogen-bond acceptors (Lipinski definition) is 4. The van der Waals surface area contributed by atoms with Crippen molar-refractivity contribution in [3.63, 3.8) is 0 Å². The van der Waals surface area contributed by atoms with Gasteiger partial charge >= 0.3 is 11.9 Å².